The molecule has 1 aromatic carbocycles. The predicted octanol–water partition coefficient (Wildman–Crippen LogP) is 3.17. The highest BCUT2D eigenvalue weighted by molar-refractivity contribution is 9.10. The number of nitrogens with zero attached hydrogens (tertiary/aromatic N) is 2. The molecule has 0 aliphatic carbocycles. The molecule has 1 aromatic heterocycles. The van der Waals surface area contributed by atoms with E-state index in [1.54, 1.807) is 22.1 Å². The van der Waals surface area contributed by atoms with Gasteiger partial charge in [-0.2, -0.15) is 0 Å². The quantitative estimate of drug-likeness (QED) is 0.826. The summed E-state index contributed by atoms with van der Waals surface area (Å²) in [4.78, 5) is 24.9. The molecule has 0 saturated carbocycles. The van der Waals surface area contributed by atoms with Crippen LogP contribution in [0.3, 0.4) is 0 Å². The van der Waals surface area contributed by atoms with Crippen molar-refractivity contribution in [3.8, 4) is 0 Å². The molecule has 0 aliphatic rings. The summed E-state index contributed by atoms with van der Waals surface area (Å²) >= 11 is 4.28. The molecule has 0 unspecified atom stereocenters. The normalized spacial score (nSPS) is 10.7. The number of aromatic nitrogens is 1. The number of thiazole rings is 1. The zero-order valence-corrected chi connectivity index (χ0v) is 14.0. The van der Waals surface area contributed by atoms with Gasteiger partial charge in [0.25, 0.3) is 0 Å². The highest BCUT2D eigenvalue weighted by Gasteiger charge is 2.15. The van der Waals surface area contributed by atoms with Crippen molar-refractivity contribution in [1.29, 1.82) is 0 Å². The lowest BCUT2D eigenvalue weighted by atomic mass is 10.2. The first-order chi connectivity index (χ1) is 9.90. The number of hydrogen-bond donors (Lipinski definition) is 0. The van der Waals surface area contributed by atoms with Crippen molar-refractivity contribution in [3.63, 3.8) is 0 Å². The molecule has 2 aromatic rings. The summed E-state index contributed by atoms with van der Waals surface area (Å²) in [6.07, 6.45) is 0.142. The van der Waals surface area contributed by atoms with Gasteiger partial charge in [-0.05, 0) is 25.1 Å². The van der Waals surface area contributed by atoms with Gasteiger partial charge < -0.3 is 9.47 Å². The highest BCUT2D eigenvalue weighted by Crippen LogP contribution is 2.22. The molecule has 0 aliphatic heterocycles. The standard InChI is InChI=1S/C14H14BrFN2O2S/c1-9-8-21-14(20)18(9)6-5-13(19)17(2)12-4-3-10(15)7-11(12)16/h3-4,7-8H,5-6H2,1-2H3. The van der Waals surface area contributed by atoms with Crippen LogP contribution in [0.5, 0.6) is 0 Å². The molecule has 4 nitrogen and oxygen atoms in total. The maximum absolute atomic E-state index is 13.8. The van der Waals surface area contributed by atoms with E-state index in [0.717, 1.165) is 17.0 Å². The number of benzene rings is 1. The Kier molecular flexibility index (Phi) is 4.95. The zero-order valence-electron chi connectivity index (χ0n) is 11.6. The fourth-order valence-electron chi connectivity index (χ4n) is 1.94. The molecule has 0 spiro atoms. The first-order valence-electron chi connectivity index (χ1n) is 6.26. The van der Waals surface area contributed by atoms with Gasteiger partial charge in [-0.3, -0.25) is 9.59 Å². The van der Waals surface area contributed by atoms with E-state index in [1.165, 1.54) is 18.0 Å². The molecule has 1 amide bonds. The van der Waals surface area contributed by atoms with Crippen LogP contribution in [-0.4, -0.2) is 17.5 Å². The molecule has 7 heteroatoms. The van der Waals surface area contributed by atoms with Crippen molar-refractivity contribution in [2.45, 2.75) is 19.9 Å². The number of carbonyl (C=O) groups is 1. The van der Waals surface area contributed by atoms with Gasteiger partial charge in [-0.15, -0.1) is 0 Å². The molecule has 21 heavy (non-hydrogen) atoms. The minimum atomic E-state index is -0.468. The Labute approximate surface area is 133 Å². The third kappa shape index (κ3) is 3.59. The second-order valence-electron chi connectivity index (χ2n) is 4.59. The van der Waals surface area contributed by atoms with Crippen LogP contribution in [0.25, 0.3) is 0 Å². The molecule has 0 radical (unpaired) electrons. The van der Waals surface area contributed by atoms with Crippen molar-refractivity contribution in [2.75, 3.05) is 11.9 Å². The Bertz CT molecular complexity index is 726. The van der Waals surface area contributed by atoms with Gasteiger partial charge in [0, 0.05) is 35.6 Å². The first-order valence-corrected chi connectivity index (χ1v) is 7.94. The molecule has 112 valence electrons. The van der Waals surface area contributed by atoms with E-state index < -0.39 is 5.82 Å². The molecule has 1 heterocycles. The van der Waals surface area contributed by atoms with Gasteiger partial charge in [0.05, 0.1) is 5.69 Å². The van der Waals surface area contributed by atoms with Crippen LogP contribution in [0.4, 0.5) is 10.1 Å². The summed E-state index contributed by atoms with van der Waals surface area (Å²) in [5.41, 5.74) is 1.05. The van der Waals surface area contributed by atoms with Gasteiger partial charge >= 0.3 is 4.87 Å². The number of hydrogen-bond acceptors (Lipinski definition) is 3. The maximum Gasteiger partial charge on any atom is 0.307 e. The van der Waals surface area contributed by atoms with Gasteiger partial charge in [0.15, 0.2) is 0 Å². The van der Waals surface area contributed by atoms with Crippen LogP contribution in [-0.2, 0) is 11.3 Å². The Morgan fingerprint density at radius 2 is 2.19 bits per heavy atom. The minimum absolute atomic E-state index is 0.0854. The summed E-state index contributed by atoms with van der Waals surface area (Å²) in [6.45, 7) is 2.12. The van der Waals surface area contributed by atoms with Crippen LogP contribution in [0.15, 0.2) is 32.8 Å². The molecular weight excluding hydrogens is 359 g/mol. The van der Waals surface area contributed by atoms with Crippen LogP contribution in [0.1, 0.15) is 12.1 Å². The van der Waals surface area contributed by atoms with E-state index >= 15 is 0 Å². The Hall–Kier alpha value is -1.47. The fourth-order valence-corrected chi connectivity index (χ4v) is 3.03. The smallest absolute Gasteiger partial charge is 0.307 e. The second kappa shape index (κ2) is 6.53. The summed E-state index contributed by atoms with van der Waals surface area (Å²) in [5, 5.41) is 1.75. The Morgan fingerprint density at radius 3 is 2.76 bits per heavy atom. The number of amides is 1. The summed E-state index contributed by atoms with van der Waals surface area (Å²) in [5.74, 6) is -0.710. The lowest BCUT2D eigenvalue weighted by Gasteiger charge is -2.18. The molecule has 0 bridgehead atoms. The number of anilines is 1. The molecule has 0 fully saturated rings. The van der Waals surface area contributed by atoms with Crippen molar-refractivity contribution in [2.24, 2.45) is 0 Å². The molecule has 2 rings (SSSR count). The van der Waals surface area contributed by atoms with Crippen molar-refractivity contribution in [3.05, 3.63) is 49.2 Å². The van der Waals surface area contributed by atoms with Crippen LogP contribution in [0.2, 0.25) is 0 Å². The van der Waals surface area contributed by atoms with Crippen molar-refractivity contribution >= 4 is 38.9 Å². The number of aryl methyl sites for hydroxylation is 1. The van der Waals surface area contributed by atoms with E-state index in [-0.39, 0.29) is 22.9 Å². The van der Waals surface area contributed by atoms with Crippen LogP contribution >= 0.6 is 27.3 Å². The van der Waals surface area contributed by atoms with Gasteiger partial charge in [-0.1, -0.05) is 27.3 Å². The average molecular weight is 373 g/mol. The monoisotopic (exact) mass is 372 g/mol. The van der Waals surface area contributed by atoms with E-state index in [2.05, 4.69) is 15.9 Å². The largest absolute Gasteiger partial charge is 0.313 e. The number of rotatable bonds is 4. The summed E-state index contributed by atoms with van der Waals surface area (Å²) < 4.78 is 16.0. The molecule has 0 saturated heterocycles. The van der Waals surface area contributed by atoms with Crippen molar-refractivity contribution in [1.82, 2.24) is 4.57 Å². The predicted molar refractivity (Wildman–Crippen MR) is 85.4 cm³/mol. The molecule has 0 atom stereocenters. The second-order valence-corrected chi connectivity index (χ2v) is 6.33. The third-order valence-electron chi connectivity index (χ3n) is 3.17. The average Bonchev–Trinajstić information content (AvgIpc) is 2.75. The Morgan fingerprint density at radius 1 is 1.48 bits per heavy atom. The van der Waals surface area contributed by atoms with Crippen LogP contribution in [0, 0.1) is 12.7 Å². The summed E-state index contributed by atoms with van der Waals surface area (Å²) in [7, 11) is 1.53. The maximum atomic E-state index is 13.8. The lowest BCUT2D eigenvalue weighted by Crippen LogP contribution is -2.29. The fraction of sp³-hybridized carbons (Fsp3) is 0.286. The van der Waals surface area contributed by atoms with E-state index in [9.17, 15) is 14.0 Å². The van der Waals surface area contributed by atoms with E-state index in [1.807, 2.05) is 6.92 Å². The molecular formula is C14H14BrFN2O2S. The SMILES string of the molecule is Cc1csc(=O)n1CCC(=O)N(C)c1ccc(Br)cc1F. The van der Waals surface area contributed by atoms with Gasteiger partial charge in [-0.25, -0.2) is 4.39 Å². The third-order valence-corrected chi connectivity index (χ3v) is 4.55. The Balaban J connectivity index is 2.08. The van der Waals surface area contributed by atoms with E-state index in [4.69, 9.17) is 0 Å². The highest BCUT2D eigenvalue weighted by atomic mass is 79.9. The summed E-state index contributed by atoms with van der Waals surface area (Å²) in [6, 6.07) is 4.53. The topological polar surface area (TPSA) is 42.3 Å². The number of halogens is 2. The lowest BCUT2D eigenvalue weighted by molar-refractivity contribution is -0.118. The zero-order chi connectivity index (χ0) is 15.6. The minimum Gasteiger partial charge on any atom is -0.313 e. The molecule has 0 N–H and O–H groups in total. The van der Waals surface area contributed by atoms with Gasteiger partial charge in [0.1, 0.15) is 5.82 Å². The van der Waals surface area contributed by atoms with Gasteiger partial charge in [0.2, 0.25) is 5.91 Å². The van der Waals surface area contributed by atoms with Crippen LogP contribution < -0.4 is 9.77 Å². The first kappa shape index (κ1) is 15.9. The van der Waals surface area contributed by atoms with Crippen molar-refractivity contribution < 1.29 is 9.18 Å². The van der Waals surface area contributed by atoms with E-state index in [0.29, 0.717) is 11.0 Å². The number of carbonyl (C=O) groups excluding carboxylic acids is 1.